The van der Waals surface area contributed by atoms with Gasteiger partial charge >= 0.3 is 6.18 Å². The van der Waals surface area contributed by atoms with Crippen LogP contribution in [0.4, 0.5) is 23.7 Å². The summed E-state index contributed by atoms with van der Waals surface area (Å²) in [6.07, 6.45) is -2.91. The second kappa shape index (κ2) is 8.60. The molecule has 0 atom stereocenters. The molecule has 0 unspecified atom stereocenters. The highest BCUT2D eigenvalue weighted by atomic mass is 32.2. The summed E-state index contributed by atoms with van der Waals surface area (Å²) in [5.74, 6) is 0.0645. The van der Waals surface area contributed by atoms with Crippen LogP contribution in [0.2, 0.25) is 0 Å². The van der Waals surface area contributed by atoms with Crippen molar-refractivity contribution in [2.24, 2.45) is 0 Å². The van der Waals surface area contributed by atoms with Crippen LogP contribution in [0.3, 0.4) is 0 Å². The Hall–Kier alpha value is -2.94. The number of nitrogens with zero attached hydrogens (tertiary/aromatic N) is 1. The monoisotopic (exact) mass is 422 g/mol. The summed E-state index contributed by atoms with van der Waals surface area (Å²) in [4.78, 5) is 26.0. The lowest BCUT2D eigenvalue weighted by atomic mass is 10.2. The second-order valence-corrected chi connectivity index (χ2v) is 6.99. The molecule has 2 amide bonds. The van der Waals surface area contributed by atoms with Gasteiger partial charge in [-0.25, -0.2) is 0 Å². The Balaban J connectivity index is 1.73. The Labute approximate surface area is 169 Å². The number of imide groups is 1. The van der Waals surface area contributed by atoms with Crippen LogP contribution in [0, 0.1) is 0 Å². The number of carbonyl (C=O) groups is 2. The van der Waals surface area contributed by atoms with Crippen LogP contribution in [0.15, 0.2) is 53.4 Å². The van der Waals surface area contributed by atoms with Crippen LogP contribution in [-0.2, 0) is 11.0 Å². The van der Waals surface area contributed by atoms with Crippen molar-refractivity contribution in [2.75, 3.05) is 18.6 Å². The number of carbonyl (C=O) groups excluding carboxylic acids is 2. The molecule has 1 heterocycles. The smallest absolute Gasteiger partial charge is 0.416 e. The molecule has 5 nitrogen and oxygen atoms in total. The van der Waals surface area contributed by atoms with Gasteiger partial charge < -0.3 is 10.1 Å². The number of nitrogens with one attached hydrogen (secondary N) is 1. The standard InChI is InChI=1S/C20H17F3N2O3S/c1-2-28-16-9-4-3-6-13(16)10-17-18(26)25(19(27)29-17)12-24-15-8-5-7-14(11-15)20(21,22)23/h3-11,24H,2,12H2,1H3/b17-10+. The van der Waals surface area contributed by atoms with Crippen LogP contribution in [0.5, 0.6) is 5.75 Å². The molecule has 2 aromatic rings. The van der Waals surface area contributed by atoms with Crippen LogP contribution < -0.4 is 10.1 Å². The van der Waals surface area contributed by atoms with E-state index in [0.29, 0.717) is 17.9 Å². The molecule has 9 heteroatoms. The SMILES string of the molecule is CCOc1ccccc1/C=C1/SC(=O)N(CNc2cccc(C(F)(F)F)c2)C1=O. The van der Waals surface area contributed by atoms with Gasteiger partial charge in [0.15, 0.2) is 0 Å². The highest BCUT2D eigenvalue weighted by Gasteiger charge is 2.35. The van der Waals surface area contributed by atoms with E-state index >= 15 is 0 Å². The Morgan fingerprint density at radius 3 is 2.62 bits per heavy atom. The fourth-order valence-corrected chi connectivity index (χ4v) is 3.47. The van der Waals surface area contributed by atoms with Gasteiger partial charge in [-0.1, -0.05) is 24.3 Å². The molecule has 2 aromatic carbocycles. The number of benzene rings is 2. The van der Waals surface area contributed by atoms with E-state index in [1.165, 1.54) is 12.1 Å². The van der Waals surface area contributed by atoms with Crippen molar-refractivity contribution in [2.45, 2.75) is 13.1 Å². The molecule has 0 aliphatic carbocycles. The third-order valence-corrected chi connectivity index (χ3v) is 4.92. The third kappa shape index (κ3) is 4.92. The van der Waals surface area contributed by atoms with Gasteiger partial charge in [0.25, 0.3) is 11.1 Å². The van der Waals surface area contributed by atoms with Gasteiger partial charge in [-0.3, -0.25) is 14.5 Å². The summed E-state index contributed by atoms with van der Waals surface area (Å²) in [5, 5.41) is 2.19. The quantitative estimate of drug-likeness (QED) is 0.648. The molecule has 29 heavy (non-hydrogen) atoms. The lowest BCUT2D eigenvalue weighted by Gasteiger charge is -2.15. The topological polar surface area (TPSA) is 58.6 Å². The van der Waals surface area contributed by atoms with Gasteiger partial charge in [0.1, 0.15) is 5.75 Å². The average Bonchev–Trinajstić information content (AvgIpc) is 2.94. The molecule has 1 saturated heterocycles. The summed E-state index contributed by atoms with van der Waals surface area (Å²) < 4.78 is 43.9. The fourth-order valence-electron chi connectivity index (χ4n) is 2.64. The average molecular weight is 422 g/mol. The first kappa shape index (κ1) is 20.8. The van der Waals surface area contributed by atoms with E-state index in [9.17, 15) is 22.8 Å². The molecular formula is C20H17F3N2O3S. The fraction of sp³-hybridized carbons (Fsp3) is 0.200. The van der Waals surface area contributed by atoms with E-state index in [1.54, 1.807) is 30.3 Å². The number of ether oxygens (including phenoxy) is 1. The number of rotatable bonds is 6. The number of thioether (sulfide) groups is 1. The highest BCUT2D eigenvalue weighted by Crippen LogP contribution is 2.34. The van der Waals surface area contributed by atoms with Crippen LogP contribution in [0.25, 0.3) is 6.08 Å². The molecule has 152 valence electrons. The molecule has 1 N–H and O–H groups in total. The van der Waals surface area contributed by atoms with Crippen molar-refractivity contribution < 1.29 is 27.5 Å². The second-order valence-electron chi connectivity index (χ2n) is 5.99. The molecule has 0 spiro atoms. The van der Waals surface area contributed by atoms with Crippen molar-refractivity contribution in [1.82, 2.24) is 4.90 Å². The number of hydrogen-bond acceptors (Lipinski definition) is 5. The molecule has 0 radical (unpaired) electrons. The minimum absolute atomic E-state index is 0.157. The van der Waals surface area contributed by atoms with Crippen molar-refractivity contribution >= 4 is 34.7 Å². The number of para-hydroxylation sites is 1. The lowest BCUT2D eigenvalue weighted by Crippen LogP contribution is -2.33. The largest absolute Gasteiger partial charge is 0.493 e. The molecule has 0 bridgehead atoms. The minimum Gasteiger partial charge on any atom is -0.493 e. The van der Waals surface area contributed by atoms with Gasteiger partial charge in [-0.05, 0) is 49.0 Å². The first-order valence-electron chi connectivity index (χ1n) is 8.68. The van der Waals surface area contributed by atoms with Crippen LogP contribution in [-0.4, -0.2) is 29.3 Å². The van der Waals surface area contributed by atoms with Gasteiger partial charge in [0.05, 0.1) is 23.7 Å². The predicted octanol–water partition coefficient (Wildman–Crippen LogP) is 5.21. The van der Waals surface area contributed by atoms with Crippen molar-refractivity contribution in [3.63, 3.8) is 0 Å². The van der Waals surface area contributed by atoms with E-state index < -0.39 is 22.9 Å². The minimum atomic E-state index is -4.48. The number of anilines is 1. The zero-order chi connectivity index (χ0) is 21.0. The summed E-state index contributed by atoms with van der Waals surface area (Å²) in [6.45, 7) is 2.05. The first-order chi connectivity index (χ1) is 13.8. The van der Waals surface area contributed by atoms with Gasteiger partial charge in [0.2, 0.25) is 0 Å². The summed E-state index contributed by atoms with van der Waals surface area (Å²) >= 11 is 0.769. The summed E-state index contributed by atoms with van der Waals surface area (Å²) in [5.41, 5.74) is -0.000649. The molecule has 0 aromatic heterocycles. The number of halogens is 3. The summed E-state index contributed by atoms with van der Waals surface area (Å²) in [7, 11) is 0. The molecular weight excluding hydrogens is 405 g/mol. The van der Waals surface area contributed by atoms with E-state index in [-0.39, 0.29) is 17.3 Å². The normalized spacial score (nSPS) is 15.9. The van der Waals surface area contributed by atoms with Crippen LogP contribution in [0.1, 0.15) is 18.1 Å². The van der Waals surface area contributed by atoms with E-state index in [0.717, 1.165) is 28.8 Å². The summed E-state index contributed by atoms with van der Waals surface area (Å²) in [6, 6.07) is 11.7. The number of hydrogen-bond donors (Lipinski definition) is 1. The predicted molar refractivity (Wildman–Crippen MR) is 105 cm³/mol. The highest BCUT2D eigenvalue weighted by molar-refractivity contribution is 8.18. The zero-order valence-corrected chi connectivity index (χ0v) is 16.1. The molecule has 1 aliphatic rings. The first-order valence-corrected chi connectivity index (χ1v) is 9.49. The third-order valence-electron chi connectivity index (χ3n) is 4.01. The maximum Gasteiger partial charge on any atom is 0.416 e. The lowest BCUT2D eigenvalue weighted by molar-refractivity contribution is -0.137. The van der Waals surface area contributed by atoms with Crippen LogP contribution >= 0.6 is 11.8 Å². The van der Waals surface area contributed by atoms with E-state index in [2.05, 4.69) is 5.32 Å². The molecule has 1 aliphatic heterocycles. The Kier molecular flexibility index (Phi) is 6.17. The van der Waals surface area contributed by atoms with Crippen molar-refractivity contribution in [3.8, 4) is 5.75 Å². The number of alkyl halides is 3. The van der Waals surface area contributed by atoms with Crippen molar-refractivity contribution in [3.05, 3.63) is 64.6 Å². The van der Waals surface area contributed by atoms with E-state index in [1.807, 2.05) is 6.92 Å². The molecule has 1 fully saturated rings. The maximum atomic E-state index is 12.8. The molecule has 3 rings (SSSR count). The molecule has 0 saturated carbocycles. The maximum absolute atomic E-state index is 12.8. The Bertz CT molecular complexity index is 960. The Morgan fingerprint density at radius 1 is 1.14 bits per heavy atom. The number of amides is 2. The Morgan fingerprint density at radius 2 is 1.90 bits per heavy atom. The van der Waals surface area contributed by atoms with Gasteiger partial charge in [0, 0.05) is 11.3 Å². The van der Waals surface area contributed by atoms with Gasteiger partial charge in [-0.15, -0.1) is 0 Å². The zero-order valence-electron chi connectivity index (χ0n) is 15.3. The van der Waals surface area contributed by atoms with Crippen molar-refractivity contribution in [1.29, 1.82) is 0 Å². The van der Waals surface area contributed by atoms with E-state index in [4.69, 9.17) is 4.74 Å². The van der Waals surface area contributed by atoms with Gasteiger partial charge in [-0.2, -0.15) is 13.2 Å².